The third-order valence-electron chi connectivity index (χ3n) is 3.72. The number of methoxy groups -OCH3 is 1. The second kappa shape index (κ2) is 7.71. The average molecular weight is 373 g/mol. The SMILES string of the molecule is COc1cccc(-n2cc(C(=O)N=C(N)N)c3ccccc3c2=O)c1.Cl. The van der Waals surface area contributed by atoms with Crippen molar-refractivity contribution in [2.24, 2.45) is 16.5 Å². The van der Waals surface area contributed by atoms with E-state index < -0.39 is 5.91 Å². The molecule has 1 amide bonds. The standard InChI is InChI=1S/C18H16N4O3.ClH/c1-25-12-6-4-5-11(9-12)22-10-15(16(23)21-18(19)20)13-7-2-3-8-14(13)17(22)24;/h2-10H,1H3,(H4,19,20,21,23);1H. The summed E-state index contributed by atoms with van der Waals surface area (Å²) in [5.74, 6) is -0.365. The molecule has 0 atom stereocenters. The fourth-order valence-electron chi connectivity index (χ4n) is 2.59. The van der Waals surface area contributed by atoms with Crippen LogP contribution in [0.4, 0.5) is 0 Å². The molecule has 0 saturated carbocycles. The van der Waals surface area contributed by atoms with Gasteiger partial charge in [-0.3, -0.25) is 14.2 Å². The van der Waals surface area contributed by atoms with Gasteiger partial charge in [0.15, 0.2) is 5.96 Å². The van der Waals surface area contributed by atoms with Gasteiger partial charge in [-0.1, -0.05) is 24.3 Å². The zero-order valence-electron chi connectivity index (χ0n) is 13.9. The van der Waals surface area contributed by atoms with Gasteiger partial charge in [-0.25, -0.2) is 0 Å². The van der Waals surface area contributed by atoms with E-state index in [2.05, 4.69) is 4.99 Å². The number of amides is 1. The lowest BCUT2D eigenvalue weighted by atomic mass is 10.1. The number of fused-ring (bicyclic) bond motifs is 1. The van der Waals surface area contributed by atoms with E-state index in [1.54, 1.807) is 48.5 Å². The second-order valence-electron chi connectivity index (χ2n) is 5.31. The maximum atomic E-state index is 12.9. The first-order chi connectivity index (χ1) is 12.0. The lowest BCUT2D eigenvalue weighted by Crippen LogP contribution is -2.25. The van der Waals surface area contributed by atoms with Crippen molar-refractivity contribution in [1.29, 1.82) is 0 Å². The van der Waals surface area contributed by atoms with Crippen molar-refractivity contribution in [2.45, 2.75) is 0 Å². The lowest BCUT2D eigenvalue weighted by Gasteiger charge is -2.11. The molecule has 0 aliphatic carbocycles. The molecule has 3 aromatic rings. The molecule has 0 spiro atoms. The molecule has 0 radical (unpaired) electrons. The number of guanidine groups is 1. The summed E-state index contributed by atoms with van der Waals surface area (Å²) in [5, 5.41) is 0.878. The predicted octanol–water partition coefficient (Wildman–Crippen LogP) is 1.83. The van der Waals surface area contributed by atoms with E-state index in [0.29, 0.717) is 22.2 Å². The maximum absolute atomic E-state index is 12.9. The van der Waals surface area contributed by atoms with Crippen molar-refractivity contribution in [3.05, 3.63) is 70.6 Å². The minimum atomic E-state index is -0.618. The number of carbonyl (C=O) groups excluding carboxylic acids is 1. The van der Waals surface area contributed by atoms with Crippen LogP contribution in [-0.4, -0.2) is 23.5 Å². The summed E-state index contributed by atoms with van der Waals surface area (Å²) in [7, 11) is 1.54. The molecule has 1 aromatic heterocycles. The molecule has 0 fully saturated rings. The number of carbonyl (C=O) groups is 1. The minimum absolute atomic E-state index is 0. The third kappa shape index (κ3) is 3.52. The monoisotopic (exact) mass is 372 g/mol. The van der Waals surface area contributed by atoms with Crippen LogP contribution in [0.15, 0.2) is 64.5 Å². The number of nitrogens with zero attached hydrogens (tertiary/aromatic N) is 2. The Morgan fingerprint density at radius 2 is 1.77 bits per heavy atom. The van der Waals surface area contributed by atoms with Gasteiger partial charge in [0, 0.05) is 23.0 Å². The third-order valence-corrected chi connectivity index (χ3v) is 3.72. The van der Waals surface area contributed by atoms with Crippen LogP contribution in [-0.2, 0) is 0 Å². The summed E-state index contributed by atoms with van der Waals surface area (Å²) in [6.45, 7) is 0. The number of pyridine rings is 1. The molecule has 0 aliphatic rings. The van der Waals surface area contributed by atoms with Gasteiger partial charge in [0.05, 0.1) is 18.4 Å². The summed E-state index contributed by atoms with van der Waals surface area (Å²) in [5.41, 5.74) is 11.2. The quantitative estimate of drug-likeness (QED) is 0.538. The van der Waals surface area contributed by atoms with Crippen molar-refractivity contribution in [3.8, 4) is 11.4 Å². The average Bonchev–Trinajstić information content (AvgIpc) is 2.61. The lowest BCUT2D eigenvalue weighted by molar-refractivity contribution is 0.100. The number of hydrogen-bond donors (Lipinski definition) is 2. The molecular weight excluding hydrogens is 356 g/mol. The largest absolute Gasteiger partial charge is 0.497 e. The molecule has 0 unspecified atom stereocenters. The summed E-state index contributed by atoms with van der Waals surface area (Å²) < 4.78 is 6.57. The summed E-state index contributed by atoms with van der Waals surface area (Å²) >= 11 is 0. The summed E-state index contributed by atoms with van der Waals surface area (Å²) in [6, 6.07) is 13.8. The van der Waals surface area contributed by atoms with Crippen LogP contribution >= 0.6 is 12.4 Å². The van der Waals surface area contributed by atoms with Gasteiger partial charge in [-0.05, 0) is 18.2 Å². The predicted molar refractivity (Wildman–Crippen MR) is 103 cm³/mol. The number of benzene rings is 2. The number of aromatic nitrogens is 1. The summed E-state index contributed by atoms with van der Waals surface area (Å²) in [4.78, 5) is 28.8. The van der Waals surface area contributed by atoms with Crippen LogP contribution in [0.1, 0.15) is 10.4 Å². The Kier molecular flexibility index (Phi) is 5.64. The van der Waals surface area contributed by atoms with Crippen LogP contribution in [0.25, 0.3) is 16.5 Å². The maximum Gasteiger partial charge on any atom is 0.282 e. The van der Waals surface area contributed by atoms with Crippen molar-refractivity contribution < 1.29 is 9.53 Å². The number of rotatable bonds is 3. The molecule has 0 saturated heterocycles. The first-order valence-electron chi connectivity index (χ1n) is 7.44. The number of halogens is 1. The topological polar surface area (TPSA) is 113 Å². The smallest absolute Gasteiger partial charge is 0.282 e. The highest BCUT2D eigenvalue weighted by Crippen LogP contribution is 2.20. The van der Waals surface area contributed by atoms with E-state index in [1.165, 1.54) is 17.9 Å². The number of nitrogens with two attached hydrogens (primary N) is 2. The molecule has 0 aliphatic heterocycles. The van der Waals surface area contributed by atoms with Crippen LogP contribution in [0.3, 0.4) is 0 Å². The van der Waals surface area contributed by atoms with E-state index in [9.17, 15) is 9.59 Å². The van der Waals surface area contributed by atoms with Gasteiger partial charge in [-0.15, -0.1) is 12.4 Å². The molecule has 4 N–H and O–H groups in total. The van der Waals surface area contributed by atoms with Crippen LogP contribution < -0.4 is 21.8 Å². The van der Waals surface area contributed by atoms with E-state index >= 15 is 0 Å². The van der Waals surface area contributed by atoms with Gasteiger partial charge < -0.3 is 16.2 Å². The second-order valence-corrected chi connectivity index (χ2v) is 5.31. The molecular formula is C18H17ClN4O3. The zero-order chi connectivity index (χ0) is 18.0. The van der Waals surface area contributed by atoms with E-state index in [4.69, 9.17) is 16.2 Å². The van der Waals surface area contributed by atoms with Gasteiger partial charge in [0.2, 0.25) is 0 Å². The van der Waals surface area contributed by atoms with E-state index in [0.717, 1.165) is 0 Å². The first kappa shape index (κ1) is 19.0. The van der Waals surface area contributed by atoms with Crippen molar-refractivity contribution in [3.63, 3.8) is 0 Å². The fourth-order valence-corrected chi connectivity index (χ4v) is 2.59. The molecule has 26 heavy (non-hydrogen) atoms. The highest BCUT2D eigenvalue weighted by Gasteiger charge is 2.15. The summed E-state index contributed by atoms with van der Waals surface area (Å²) in [6.07, 6.45) is 1.44. The highest BCUT2D eigenvalue weighted by molar-refractivity contribution is 6.10. The number of aliphatic imine (C=N–C) groups is 1. The Labute approximate surface area is 155 Å². The Bertz CT molecular complexity index is 1060. The normalized spacial score (nSPS) is 10.0. The van der Waals surface area contributed by atoms with Crippen LogP contribution in [0.5, 0.6) is 5.75 Å². The molecule has 3 rings (SSSR count). The van der Waals surface area contributed by atoms with Crippen LogP contribution in [0.2, 0.25) is 0 Å². The minimum Gasteiger partial charge on any atom is -0.497 e. The Morgan fingerprint density at radius 1 is 1.08 bits per heavy atom. The Balaban J connectivity index is 0.00000243. The molecule has 2 aromatic carbocycles. The fraction of sp³-hybridized carbons (Fsp3) is 0.0556. The number of ether oxygens (including phenoxy) is 1. The molecule has 7 nitrogen and oxygen atoms in total. The Morgan fingerprint density at radius 3 is 2.42 bits per heavy atom. The molecule has 134 valence electrons. The van der Waals surface area contributed by atoms with Crippen molar-refractivity contribution in [2.75, 3.05) is 7.11 Å². The zero-order valence-corrected chi connectivity index (χ0v) is 14.7. The molecule has 1 heterocycles. The van der Waals surface area contributed by atoms with Gasteiger partial charge in [0.1, 0.15) is 5.75 Å². The van der Waals surface area contributed by atoms with Crippen LogP contribution in [0, 0.1) is 0 Å². The Hall–Kier alpha value is -3.32. The van der Waals surface area contributed by atoms with Gasteiger partial charge in [0.25, 0.3) is 11.5 Å². The van der Waals surface area contributed by atoms with E-state index in [1.807, 2.05) is 0 Å². The molecule has 8 heteroatoms. The van der Waals surface area contributed by atoms with Gasteiger partial charge in [-0.2, -0.15) is 4.99 Å². The van der Waals surface area contributed by atoms with Crippen molar-refractivity contribution in [1.82, 2.24) is 4.57 Å². The van der Waals surface area contributed by atoms with Crippen molar-refractivity contribution >= 4 is 35.0 Å². The van der Waals surface area contributed by atoms with Gasteiger partial charge >= 0.3 is 0 Å². The van der Waals surface area contributed by atoms with E-state index in [-0.39, 0.29) is 29.5 Å². The molecule has 0 bridgehead atoms. The first-order valence-corrected chi connectivity index (χ1v) is 7.44. The highest BCUT2D eigenvalue weighted by atomic mass is 35.5. The number of hydrogen-bond acceptors (Lipinski definition) is 3.